The van der Waals surface area contributed by atoms with E-state index in [1.54, 1.807) is 7.05 Å². The van der Waals surface area contributed by atoms with Gasteiger partial charge in [-0.2, -0.15) is 0 Å². The van der Waals surface area contributed by atoms with Crippen molar-refractivity contribution in [1.82, 2.24) is 5.32 Å². The molecule has 4 heteroatoms. The van der Waals surface area contributed by atoms with E-state index < -0.39 is 0 Å². The first-order valence-electron chi connectivity index (χ1n) is 5.51. The topological polar surface area (TPSA) is 41.1 Å². The van der Waals surface area contributed by atoms with Gasteiger partial charge in [0.05, 0.1) is 0 Å². The van der Waals surface area contributed by atoms with Crippen LogP contribution < -0.4 is 10.6 Å². The molecule has 1 aromatic carbocycles. The summed E-state index contributed by atoms with van der Waals surface area (Å²) in [6.45, 7) is 2.17. The third-order valence-corrected chi connectivity index (χ3v) is 3.82. The molecule has 16 heavy (non-hydrogen) atoms. The molecular formula is C12H16N2OS. The SMILES string of the molecule is CCCSc1ccc2c(c1)NC(=O)C2NC. The Bertz CT molecular complexity index is 406. The van der Waals surface area contributed by atoms with Gasteiger partial charge in [0.25, 0.3) is 0 Å². The van der Waals surface area contributed by atoms with Crippen LogP contribution in [-0.2, 0) is 4.79 Å². The van der Waals surface area contributed by atoms with Crippen molar-refractivity contribution in [3.8, 4) is 0 Å². The first-order valence-corrected chi connectivity index (χ1v) is 6.49. The van der Waals surface area contributed by atoms with Crippen molar-refractivity contribution in [1.29, 1.82) is 0 Å². The van der Waals surface area contributed by atoms with Crippen LogP contribution in [0.3, 0.4) is 0 Å². The van der Waals surface area contributed by atoms with Gasteiger partial charge in [0, 0.05) is 16.1 Å². The van der Waals surface area contributed by atoms with Crippen LogP contribution in [0.15, 0.2) is 23.1 Å². The molecule has 0 spiro atoms. The number of rotatable bonds is 4. The molecule has 0 saturated carbocycles. The average Bonchev–Trinajstić information content (AvgIpc) is 2.60. The number of amides is 1. The molecule has 0 saturated heterocycles. The summed E-state index contributed by atoms with van der Waals surface area (Å²) in [7, 11) is 1.80. The Labute approximate surface area is 100.0 Å². The summed E-state index contributed by atoms with van der Waals surface area (Å²) < 4.78 is 0. The Hall–Kier alpha value is -1.00. The molecule has 1 aliphatic rings. The van der Waals surface area contributed by atoms with Gasteiger partial charge in [0.15, 0.2) is 0 Å². The fourth-order valence-electron chi connectivity index (χ4n) is 1.84. The second-order valence-electron chi connectivity index (χ2n) is 3.81. The number of carbonyl (C=O) groups is 1. The lowest BCUT2D eigenvalue weighted by atomic mass is 10.1. The third-order valence-electron chi connectivity index (χ3n) is 2.62. The molecule has 0 aliphatic carbocycles. The van der Waals surface area contributed by atoms with E-state index in [0.29, 0.717) is 0 Å². The highest BCUT2D eigenvalue weighted by molar-refractivity contribution is 7.99. The zero-order chi connectivity index (χ0) is 11.5. The predicted octanol–water partition coefficient (Wildman–Crippen LogP) is 2.40. The monoisotopic (exact) mass is 236 g/mol. The predicted molar refractivity (Wildman–Crippen MR) is 67.9 cm³/mol. The Morgan fingerprint density at radius 1 is 1.50 bits per heavy atom. The first-order chi connectivity index (χ1) is 7.76. The van der Waals surface area contributed by atoms with Crippen molar-refractivity contribution >= 4 is 23.4 Å². The lowest BCUT2D eigenvalue weighted by Crippen LogP contribution is -2.23. The van der Waals surface area contributed by atoms with Gasteiger partial charge in [0.1, 0.15) is 6.04 Å². The van der Waals surface area contributed by atoms with Gasteiger partial charge in [-0.05, 0) is 31.4 Å². The molecule has 1 heterocycles. The van der Waals surface area contributed by atoms with Crippen molar-refractivity contribution in [2.45, 2.75) is 24.3 Å². The van der Waals surface area contributed by atoms with Crippen molar-refractivity contribution in [2.75, 3.05) is 18.1 Å². The minimum Gasteiger partial charge on any atom is -0.324 e. The highest BCUT2D eigenvalue weighted by Crippen LogP contribution is 2.34. The van der Waals surface area contributed by atoms with Crippen LogP contribution in [0.5, 0.6) is 0 Å². The van der Waals surface area contributed by atoms with E-state index in [4.69, 9.17) is 0 Å². The van der Waals surface area contributed by atoms with E-state index in [0.717, 1.165) is 23.4 Å². The minimum atomic E-state index is -0.194. The minimum absolute atomic E-state index is 0.0372. The van der Waals surface area contributed by atoms with Crippen LogP contribution in [0.25, 0.3) is 0 Å². The van der Waals surface area contributed by atoms with Crippen LogP contribution in [0.4, 0.5) is 5.69 Å². The van der Waals surface area contributed by atoms with Crippen molar-refractivity contribution in [3.05, 3.63) is 23.8 Å². The van der Waals surface area contributed by atoms with Crippen LogP contribution in [0.2, 0.25) is 0 Å². The van der Waals surface area contributed by atoms with Crippen LogP contribution in [0, 0.1) is 0 Å². The van der Waals surface area contributed by atoms with E-state index in [-0.39, 0.29) is 11.9 Å². The van der Waals surface area contributed by atoms with Crippen molar-refractivity contribution in [2.24, 2.45) is 0 Å². The fraction of sp³-hybridized carbons (Fsp3) is 0.417. The molecule has 0 radical (unpaired) electrons. The van der Waals surface area contributed by atoms with Gasteiger partial charge in [-0.15, -0.1) is 11.8 Å². The van der Waals surface area contributed by atoms with Gasteiger partial charge >= 0.3 is 0 Å². The van der Waals surface area contributed by atoms with E-state index in [2.05, 4.69) is 29.7 Å². The van der Waals surface area contributed by atoms with Crippen molar-refractivity contribution in [3.63, 3.8) is 0 Å². The Morgan fingerprint density at radius 2 is 2.31 bits per heavy atom. The maximum absolute atomic E-state index is 11.6. The van der Waals surface area contributed by atoms with Crippen LogP contribution in [-0.4, -0.2) is 18.7 Å². The van der Waals surface area contributed by atoms with Gasteiger partial charge in [0.2, 0.25) is 5.91 Å². The number of likely N-dealkylation sites (N-methyl/N-ethyl adjacent to an activating group) is 1. The zero-order valence-corrected chi connectivity index (χ0v) is 10.4. The maximum Gasteiger partial charge on any atom is 0.246 e. The Morgan fingerprint density at radius 3 is 3.00 bits per heavy atom. The number of anilines is 1. The van der Waals surface area contributed by atoms with E-state index >= 15 is 0 Å². The normalized spacial score (nSPS) is 18.4. The average molecular weight is 236 g/mol. The third kappa shape index (κ3) is 2.08. The van der Waals surface area contributed by atoms with Crippen LogP contribution in [0.1, 0.15) is 24.9 Å². The molecule has 1 amide bonds. The molecular weight excluding hydrogens is 220 g/mol. The smallest absolute Gasteiger partial charge is 0.246 e. The van der Waals surface area contributed by atoms with E-state index in [1.807, 2.05) is 17.8 Å². The van der Waals surface area contributed by atoms with E-state index in [1.165, 1.54) is 4.90 Å². The highest BCUT2D eigenvalue weighted by atomic mass is 32.2. The molecule has 0 fully saturated rings. The second-order valence-corrected chi connectivity index (χ2v) is 4.98. The Kier molecular flexibility index (Phi) is 3.51. The molecule has 0 bridgehead atoms. The highest BCUT2D eigenvalue weighted by Gasteiger charge is 2.28. The summed E-state index contributed by atoms with van der Waals surface area (Å²) >= 11 is 1.82. The zero-order valence-electron chi connectivity index (χ0n) is 9.54. The maximum atomic E-state index is 11.6. The lowest BCUT2D eigenvalue weighted by Gasteiger charge is -2.07. The van der Waals surface area contributed by atoms with Gasteiger partial charge in [-0.1, -0.05) is 13.0 Å². The van der Waals surface area contributed by atoms with Gasteiger partial charge in [-0.25, -0.2) is 0 Å². The summed E-state index contributed by atoms with van der Waals surface area (Å²) in [4.78, 5) is 12.8. The Balaban J connectivity index is 2.22. The number of carbonyl (C=O) groups excluding carboxylic acids is 1. The summed E-state index contributed by atoms with van der Waals surface area (Å²) in [5.74, 6) is 1.15. The quantitative estimate of drug-likeness (QED) is 0.789. The number of hydrogen-bond donors (Lipinski definition) is 2. The largest absolute Gasteiger partial charge is 0.324 e. The number of fused-ring (bicyclic) bond motifs is 1. The number of hydrogen-bond acceptors (Lipinski definition) is 3. The summed E-state index contributed by atoms with van der Waals surface area (Å²) in [6.07, 6.45) is 1.16. The number of benzene rings is 1. The van der Waals surface area contributed by atoms with Gasteiger partial charge in [-0.3, -0.25) is 4.79 Å². The van der Waals surface area contributed by atoms with E-state index in [9.17, 15) is 4.79 Å². The molecule has 1 aliphatic heterocycles. The summed E-state index contributed by atoms with van der Waals surface area (Å²) in [5, 5.41) is 5.91. The molecule has 1 aromatic rings. The van der Waals surface area contributed by atoms with Crippen LogP contribution >= 0.6 is 11.8 Å². The standard InChI is InChI=1S/C12H16N2OS/c1-3-6-16-8-4-5-9-10(7-8)14-12(15)11(9)13-2/h4-5,7,11,13H,3,6H2,1-2H3,(H,14,15). The van der Waals surface area contributed by atoms with Crippen molar-refractivity contribution < 1.29 is 4.79 Å². The second kappa shape index (κ2) is 4.89. The molecule has 1 unspecified atom stereocenters. The molecule has 2 N–H and O–H groups in total. The lowest BCUT2D eigenvalue weighted by molar-refractivity contribution is -0.117. The molecule has 3 nitrogen and oxygen atoms in total. The molecule has 1 atom stereocenters. The summed E-state index contributed by atoms with van der Waals surface area (Å²) in [6, 6.07) is 5.99. The molecule has 2 rings (SSSR count). The fourth-order valence-corrected chi connectivity index (χ4v) is 2.64. The molecule has 0 aromatic heterocycles. The molecule has 86 valence electrons. The number of nitrogens with one attached hydrogen (secondary N) is 2. The first kappa shape index (κ1) is 11.5. The number of thioether (sulfide) groups is 1. The summed E-state index contributed by atoms with van der Waals surface area (Å²) in [5.41, 5.74) is 2.00. The van der Waals surface area contributed by atoms with Gasteiger partial charge < -0.3 is 10.6 Å².